The van der Waals surface area contributed by atoms with Crippen LogP contribution in [0.2, 0.25) is 0 Å². The topological polar surface area (TPSA) is 87.7 Å². The van der Waals surface area contributed by atoms with Gasteiger partial charge in [-0.1, -0.05) is 30.3 Å². The molecule has 0 bridgehead atoms. The number of rotatable bonds is 3. The predicted molar refractivity (Wildman–Crippen MR) is 80.4 cm³/mol. The fourth-order valence-corrected chi connectivity index (χ4v) is 2.28. The first-order chi connectivity index (χ1) is 10.2. The standard InChI is InChI=1S/C14H10N4O2S/c19-11-7-6-10(8-15-11)13(20)17-14-16-12(18-21-14)9-4-2-1-3-5-9/h1-8H,(H,15,19)(H,16,17,18,20). The van der Waals surface area contributed by atoms with E-state index >= 15 is 0 Å². The molecule has 0 saturated carbocycles. The summed E-state index contributed by atoms with van der Waals surface area (Å²) in [6, 6.07) is 12.3. The molecule has 3 aromatic rings. The Morgan fingerprint density at radius 3 is 2.67 bits per heavy atom. The first-order valence-corrected chi connectivity index (χ1v) is 6.89. The van der Waals surface area contributed by atoms with Gasteiger partial charge in [0.15, 0.2) is 5.82 Å². The molecule has 0 radical (unpaired) electrons. The fourth-order valence-electron chi connectivity index (χ4n) is 1.70. The summed E-state index contributed by atoms with van der Waals surface area (Å²) in [6.45, 7) is 0. The molecule has 6 nitrogen and oxygen atoms in total. The van der Waals surface area contributed by atoms with E-state index in [1.165, 1.54) is 18.3 Å². The van der Waals surface area contributed by atoms with Crippen molar-refractivity contribution in [2.24, 2.45) is 0 Å². The normalized spacial score (nSPS) is 10.3. The van der Waals surface area contributed by atoms with Crippen molar-refractivity contribution in [2.45, 2.75) is 0 Å². The van der Waals surface area contributed by atoms with E-state index in [-0.39, 0.29) is 11.5 Å². The van der Waals surface area contributed by atoms with Crippen molar-refractivity contribution >= 4 is 22.6 Å². The molecule has 0 spiro atoms. The van der Waals surface area contributed by atoms with Gasteiger partial charge in [-0.2, -0.15) is 9.36 Å². The van der Waals surface area contributed by atoms with Gasteiger partial charge in [-0.3, -0.25) is 14.9 Å². The smallest absolute Gasteiger partial charge is 0.258 e. The Hall–Kier alpha value is -2.80. The molecule has 21 heavy (non-hydrogen) atoms. The number of nitrogens with zero attached hydrogens (tertiary/aromatic N) is 2. The zero-order valence-corrected chi connectivity index (χ0v) is 11.6. The quantitative estimate of drug-likeness (QED) is 0.775. The predicted octanol–water partition coefficient (Wildman–Crippen LogP) is 2.15. The van der Waals surface area contributed by atoms with Gasteiger partial charge < -0.3 is 4.98 Å². The van der Waals surface area contributed by atoms with Crippen LogP contribution in [0.5, 0.6) is 0 Å². The van der Waals surface area contributed by atoms with E-state index in [1.807, 2.05) is 30.3 Å². The van der Waals surface area contributed by atoms with Crippen LogP contribution in [0.25, 0.3) is 11.4 Å². The molecule has 0 saturated heterocycles. The number of hydrogen-bond acceptors (Lipinski definition) is 5. The van der Waals surface area contributed by atoms with Crippen molar-refractivity contribution in [1.29, 1.82) is 0 Å². The van der Waals surface area contributed by atoms with Crippen LogP contribution >= 0.6 is 11.5 Å². The van der Waals surface area contributed by atoms with Crippen molar-refractivity contribution < 1.29 is 4.79 Å². The number of anilines is 1. The van der Waals surface area contributed by atoms with Crippen LogP contribution in [0.1, 0.15) is 10.4 Å². The summed E-state index contributed by atoms with van der Waals surface area (Å²) in [4.78, 5) is 29.6. The molecule has 2 heterocycles. The van der Waals surface area contributed by atoms with Crippen LogP contribution in [0, 0.1) is 0 Å². The molecule has 0 unspecified atom stereocenters. The summed E-state index contributed by atoms with van der Waals surface area (Å²) in [6.07, 6.45) is 1.36. The summed E-state index contributed by atoms with van der Waals surface area (Å²) in [5.74, 6) is 0.222. The summed E-state index contributed by atoms with van der Waals surface area (Å²) in [7, 11) is 0. The molecular formula is C14H10N4O2S. The Morgan fingerprint density at radius 2 is 1.95 bits per heavy atom. The lowest BCUT2D eigenvalue weighted by Crippen LogP contribution is -2.14. The molecule has 0 fully saturated rings. The minimum absolute atomic E-state index is 0.256. The number of carbonyl (C=O) groups is 1. The Balaban J connectivity index is 1.77. The minimum Gasteiger partial charge on any atom is -0.328 e. The molecule has 2 N–H and O–H groups in total. The molecule has 0 aliphatic rings. The number of H-pyrrole nitrogens is 1. The van der Waals surface area contributed by atoms with Crippen LogP contribution < -0.4 is 10.9 Å². The number of nitrogens with one attached hydrogen (secondary N) is 2. The molecule has 1 amide bonds. The highest BCUT2D eigenvalue weighted by Crippen LogP contribution is 2.20. The second-order valence-corrected chi connectivity index (χ2v) is 4.94. The SMILES string of the molecule is O=C(Nc1nc(-c2ccccc2)ns1)c1ccc(=O)[nH]c1. The number of pyridine rings is 1. The average molecular weight is 298 g/mol. The highest BCUT2D eigenvalue weighted by atomic mass is 32.1. The van der Waals surface area contributed by atoms with Gasteiger partial charge in [0.2, 0.25) is 10.7 Å². The summed E-state index contributed by atoms with van der Waals surface area (Å²) in [5, 5.41) is 3.06. The number of carbonyl (C=O) groups excluding carboxylic acids is 1. The molecule has 7 heteroatoms. The van der Waals surface area contributed by atoms with E-state index in [1.54, 1.807) is 0 Å². The van der Waals surface area contributed by atoms with E-state index in [9.17, 15) is 9.59 Å². The fraction of sp³-hybridized carbons (Fsp3) is 0. The molecule has 0 atom stereocenters. The van der Waals surface area contributed by atoms with Crippen molar-refractivity contribution in [3.05, 3.63) is 64.6 Å². The van der Waals surface area contributed by atoms with Crippen LogP contribution in [0.4, 0.5) is 5.13 Å². The second kappa shape index (κ2) is 5.68. The Morgan fingerprint density at radius 1 is 1.14 bits per heavy atom. The highest BCUT2D eigenvalue weighted by Gasteiger charge is 2.11. The molecule has 3 rings (SSSR count). The van der Waals surface area contributed by atoms with Gasteiger partial charge in [0.05, 0.1) is 5.56 Å². The highest BCUT2D eigenvalue weighted by molar-refractivity contribution is 7.10. The van der Waals surface area contributed by atoms with Crippen LogP contribution in [-0.2, 0) is 0 Å². The number of aromatic amines is 1. The Kier molecular flexibility index (Phi) is 3.57. The molecule has 104 valence electrons. The van der Waals surface area contributed by atoms with E-state index in [2.05, 4.69) is 19.7 Å². The van der Waals surface area contributed by atoms with E-state index < -0.39 is 0 Å². The van der Waals surface area contributed by atoms with E-state index in [4.69, 9.17) is 0 Å². The first-order valence-electron chi connectivity index (χ1n) is 6.11. The van der Waals surface area contributed by atoms with Crippen LogP contribution in [-0.4, -0.2) is 20.2 Å². The van der Waals surface area contributed by atoms with Gasteiger partial charge in [-0.25, -0.2) is 0 Å². The maximum absolute atomic E-state index is 12.0. The lowest BCUT2D eigenvalue weighted by atomic mass is 10.2. The number of aromatic nitrogens is 3. The van der Waals surface area contributed by atoms with Crippen LogP contribution in [0.3, 0.4) is 0 Å². The molecule has 0 aliphatic heterocycles. The third kappa shape index (κ3) is 3.03. The first kappa shape index (κ1) is 13.2. The average Bonchev–Trinajstić information content (AvgIpc) is 2.97. The zero-order chi connectivity index (χ0) is 14.7. The van der Waals surface area contributed by atoms with Gasteiger partial charge in [0.1, 0.15) is 0 Å². The third-order valence-corrected chi connectivity index (χ3v) is 3.36. The second-order valence-electron chi connectivity index (χ2n) is 4.18. The molecular weight excluding hydrogens is 288 g/mol. The minimum atomic E-state index is -0.345. The van der Waals surface area contributed by atoms with Gasteiger partial charge in [-0.05, 0) is 6.07 Å². The largest absolute Gasteiger partial charge is 0.328 e. The van der Waals surface area contributed by atoms with E-state index in [0.717, 1.165) is 17.1 Å². The van der Waals surface area contributed by atoms with Crippen molar-refractivity contribution in [3.63, 3.8) is 0 Å². The third-order valence-electron chi connectivity index (χ3n) is 2.72. The lowest BCUT2D eigenvalue weighted by molar-refractivity contribution is 0.102. The summed E-state index contributed by atoms with van der Waals surface area (Å²) in [5.41, 5.74) is 0.984. The van der Waals surface area contributed by atoms with Crippen molar-refractivity contribution in [1.82, 2.24) is 14.3 Å². The van der Waals surface area contributed by atoms with Crippen molar-refractivity contribution in [2.75, 3.05) is 5.32 Å². The zero-order valence-electron chi connectivity index (χ0n) is 10.7. The summed E-state index contributed by atoms with van der Waals surface area (Å²) < 4.78 is 4.21. The summed E-state index contributed by atoms with van der Waals surface area (Å²) >= 11 is 1.11. The van der Waals surface area contributed by atoms with Gasteiger partial charge in [0, 0.05) is 29.4 Å². The van der Waals surface area contributed by atoms with Gasteiger partial charge in [-0.15, -0.1) is 0 Å². The van der Waals surface area contributed by atoms with E-state index in [0.29, 0.717) is 16.5 Å². The lowest BCUT2D eigenvalue weighted by Gasteiger charge is -1.99. The van der Waals surface area contributed by atoms with Gasteiger partial charge >= 0.3 is 0 Å². The Bertz CT molecular complexity index is 806. The maximum Gasteiger partial charge on any atom is 0.258 e. The number of benzene rings is 1. The van der Waals surface area contributed by atoms with Crippen molar-refractivity contribution in [3.8, 4) is 11.4 Å². The number of amides is 1. The molecule has 0 aliphatic carbocycles. The van der Waals surface area contributed by atoms with Crippen LogP contribution in [0.15, 0.2) is 53.5 Å². The molecule has 1 aromatic carbocycles. The maximum atomic E-state index is 12.0. The Labute approximate surface area is 123 Å². The number of hydrogen-bond donors (Lipinski definition) is 2. The van der Waals surface area contributed by atoms with Gasteiger partial charge in [0.25, 0.3) is 5.91 Å². The molecule has 2 aromatic heterocycles. The monoisotopic (exact) mass is 298 g/mol.